The molecule has 0 N–H and O–H groups in total. The summed E-state index contributed by atoms with van der Waals surface area (Å²) in [5.41, 5.74) is 3.95. The molecule has 0 saturated heterocycles. The highest BCUT2D eigenvalue weighted by molar-refractivity contribution is 5.92. The van der Waals surface area contributed by atoms with E-state index in [2.05, 4.69) is 6.08 Å². The molecule has 1 aromatic heterocycles. The second kappa shape index (κ2) is 5.52. The largest absolute Gasteiger partial charge is 0.486 e. The minimum atomic E-state index is -0.0350. The summed E-state index contributed by atoms with van der Waals surface area (Å²) >= 11 is 0. The topological polar surface area (TPSA) is 48.7 Å². The van der Waals surface area contributed by atoms with E-state index in [0.29, 0.717) is 46.8 Å². The zero-order chi connectivity index (χ0) is 16.8. The average Bonchev–Trinajstić information content (AvgIpc) is 2.68. The van der Waals surface area contributed by atoms with E-state index in [1.165, 1.54) is 11.8 Å². The van der Waals surface area contributed by atoms with E-state index in [1.807, 2.05) is 36.4 Å². The van der Waals surface area contributed by atoms with Crippen molar-refractivity contribution in [1.29, 1.82) is 0 Å². The van der Waals surface area contributed by atoms with E-state index in [1.54, 1.807) is 0 Å². The molecule has 2 aliphatic rings. The number of hydrogen-bond acceptors (Lipinski definition) is 4. The van der Waals surface area contributed by atoms with Gasteiger partial charge in [-0.3, -0.25) is 4.79 Å². The van der Waals surface area contributed by atoms with Gasteiger partial charge >= 0.3 is 0 Å². The van der Waals surface area contributed by atoms with Gasteiger partial charge in [0, 0.05) is 5.56 Å². The van der Waals surface area contributed by atoms with Gasteiger partial charge < -0.3 is 13.9 Å². The molecule has 4 heteroatoms. The van der Waals surface area contributed by atoms with Gasteiger partial charge in [0.2, 0.25) is 5.43 Å². The maximum absolute atomic E-state index is 13.3. The van der Waals surface area contributed by atoms with E-state index in [0.717, 1.165) is 18.4 Å². The molecule has 1 aliphatic carbocycles. The molecule has 2 heterocycles. The van der Waals surface area contributed by atoms with Crippen LogP contribution in [0.2, 0.25) is 0 Å². The Labute approximate surface area is 144 Å². The predicted molar refractivity (Wildman–Crippen MR) is 96.3 cm³/mol. The molecule has 0 unspecified atom stereocenters. The zero-order valence-electron chi connectivity index (χ0n) is 13.6. The summed E-state index contributed by atoms with van der Waals surface area (Å²) in [4.78, 5) is 13.3. The van der Waals surface area contributed by atoms with E-state index in [-0.39, 0.29) is 5.43 Å². The summed E-state index contributed by atoms with van der Waals surface area (Å²) in [6.45, 7) is 0.988. The molecule has 0 spiro atoms. The summed E-state index contributed by atoms with van der Waals surface area (Å²) in [6.07, 6.45) is 7.61. The molecule has 0 fully saturated rings. The third-order valence-electron chi connectivity index (χ3n) is 4.79. The van der Waals surface area contributed by atoms with Gasteiger partial charge in [0.1, 0.15) is 25.1 Å². The molecule has 0 atom stereocenters. The number of hydrogen-bond donors (Lipinski definition) is 0. The van der Waals surface area contributed by atoms with Crippen molar-refractivity contribution < 1.29 is 13.9 Å². The fraction of sp³-hybridized carbons (Fsp3) is 0.190. The van der Waals surface area contributed by atoms with Crippen LogP contribution >= 0.6 is 0 Å². The van der Waals surface area contributed by atoms with E-state index >= 15 is 0 Å². The highest BCUT2D eigenvalue weighted by Gasteiger charge is 2.21. The van der Waals surface area contributed by atoms with Crippen molar-refractivity contribution in [3.63, 3.8) is 0 Å². The summed E-state index contributed by atoms with van der Waals surface area (Å²) in [6, 6.07) is 9.53. The number of rotatable bonds is 1. The predicted octanol–water partition coefficient (Wildman–Crippen LogP) is 4.19. The van der Waals surface area contributed by atoms with Crippen molar-refractivity contribution in [1.82, 2.24) is 0 Å². The molecule has 124 valence electrons. The van der Waals surface area contributed by atoms with Gasteiger partial charge in [0.15, 0.2) is 11.5 Å². The van der Waals surface area contributed by atoms with Crippen molar-refractivity contribution in [3.8, 4) is 22.6 Å². The van der Waals surface area contributed by atoms with Gasteiger partial charge in [-0.15, -0.1) is 0 Å². The van der Waals surface area contributed by atoms with Gasteiger partial charge in [-0.05, 0) is 36.1 Å². The van der Waals surface area contributed by atoms with Crippen LogP contribution in [-0.2, 0) is 6.42 Å². The highest BCUT2D eigenvalue weighted by Crippen LogP contribution is 2.39. The molecule has 1 aliphatic heterocycles. The standard InChI is InChI=1S/C21H16O4/c22-20-16(15-6-3-7-18-21(15)24-11-10-23-18)12-25-17-9-8-13-4-1-2-5-14(13)19(17)20/h2-3,5-9,12H,1,4,10-11H2. The van der Waals surface area contributed by atoms with Crippen molar-refractivity contribution >= 4 is 17.0 Å². The van der Waals surface area contributed by atoms with Crippen LogP contribution in [0.4, 0.5) is 0 Å². The maximum atomic E-state index is 13.3. The first-order chi connectivity index (χ1) is 12.3. The lowest BCUT2D eigenvalue weighted by Crippen LogP contribution is -2.17. The van der Waals surface area contributed by atoms with Gasteiger partial charge in [-0.1, -0.05) is 30.4 Å². The molecule has 0 saturated carbocycles. The molecule has 3 aromatic rings. The third-order valence-corrected chi connectivity index (χ3v) is 4.79. The SMILES string of the molecule is O=c1c(-c2cccc3c2OCCO3)coc2ccc3c(c12)C=CCC3. The lowest BCUT2D eigenvalue weighted by atomic mass is 9.93. The Kier molecular flexibility index (Phi) is 3.17. The Morgan fingerprint density at radius 1 is 0.960 bits per heavy atom. The smallest absolute Gasteiger partial charge is 0.201 e. The normalized spacial score (nSPS) is 15.2. The van der Waals surface area contributed by atoms with Gasteiger partial charge in [0.05, 0.1) is 10.9 Å². The second-order valence-electron chi connectivity index (χ2n) is 6.26. The minimum absolute atomic E-state index is 0.0350. The molecule has 0 bridgehead atoms. The first kappa shape index (κ1) is 14.3. The van der Waals surface area contributed by atoms with Crippen LogP contribution < -0.4 is 14.9 Å². The highest BCUT2D eigenvalue weighted by atomic mass is 16.6. The van der Waals surface area contributed by atoms with Crippen LogP contribution in [0.3, 0.4) is 0 Å². The average molecular weight is 332 g/mol. The Hall–Kier alpha value is -3.01. The lowest BCUT2D eigenvalue weighted by Gasteiger charge is -2.21. The number of allylic oxidation sites excluding steroid dienone is 1. The maximum Gasteiger partial charge on any atom is 0.201 e. The van der Waals surface area contributed by atoms with Crippen LogP contribution in [0.25, 0.3) is 28.2 Å². The van der Waals surface area contributed by atoms with Gasteiger partial charge in [-0.2, -0.15) is 0 Å². The number of fused-ring (bicyclic) bond motifs is 4. The fourth-order valence-corrected chi connectivity index (χ4v) is 3.61. The molecule has 0 radical (unpaired) electrons. The molecule has 5 rings (SSSR count). The summed E-state index contributed by atoms with van der Waals surface area (Å²) in [5, 5.41) is 0.639. The van der Waals surface area contributed by atoms with Crippen molar-refractivity contribution in [2.75, 3.05) is 13.2 Å². The summed E-state index contributed by atoms with van der Waals surface area (Å²) in [7, 11) is 0. The van der Waals surface area contributed by atoms with E-state index in [4.69, 9.17) is 13.9 Å². The Morgan fingerprint density at radius 2 is 1.88 bits per heavy atom. The Morgan fingerprint density at radius 3 is 2.84 bits per heavy atom. The lowest BCUT2D eigenvalue weighted by molar-refractivity contribution is 0.172. The fourth-order valence-electron chi connectivity index (χ4n) is 3.61. The zero-order valence-corrected chi connectivity index (χ0v) is 13.6. The molecular formula is C21H16O4. The third kappa shape index (κ3) is 2.18. The van der Waals surface area contributed by atoms with Crippen LogP contribution in [0.5, 0.6) is 11.5 Å². The van der Waals surface area contributed by atoms with Crippen LogP contribution in [-0.4, -0.2) is 13.2 Å². The van der Waals surface area contributed by atoms with E-state index < -0.39 is 0 Å². The van der Waals surface area contributed by atoms with Crippen LogP contribution in [0.1, 0.15) is 17.5 Å². The summed E-state index contributed by atoms with van der Waals surface area (Å²) in [5.74, 6) is 1.28. The first-order valence-electron chi connectivity index (χ1n) is 8.46. The second-order valence-corrected chi connectivity index (χ2v) is 6.26. The van der Waals surface area contributed by atoms with Gasteiger partial charge in [0.25, 0.3) is 0 Å². The summed E-state index contributed by atoms with van der Waals surface area (Å²) < 4.78 is 17.2. The molecule has 0 amide bonds. The van der Waals surface area contributed by atoms with Crippen molar-refractivity contribution in [3.05, 3.63) is 64.0 Å². The first-order valence-corrected chi connectivity index (χ1v) is 8.46. The monoisotopic (exact) mass is 332 g/mol. The Balaban J connectivity index is 1.81. The van der Waals surface area contributed by atoms with Crippen LogP contribution in [0.15, 0.2) is 51.9 Å². The number of benzene rings is 2. The van der Waals surface area contributed by atoms with Gasteiger partial charge in [-0.25, -0.2) is 0 Å². The number of aryl methyl sites for hydroxylation is 1. The number of para-hydroxylation sites is 1. The van der Waals surface area contributed by atoms with Crippen molar-refractivity contribution in [2.45, 2.75) is 12.8 Å². The Bertz CT molecular complexity index is 1080. The van der Waals surface area contributed by atoms with Crippen LogP contribution in [0, 0.1) is 0 Å². The molecule has 4 nitrogen and oxygen atoms in total. The van der Waals surface area contributed by atoms with E-state index in [9.17, 15) is 4.79 Å². The molecular weight excluding hydrogens is 316 g/mol. The molecule has 2 aromatic carbocycles. The minimum Gasteiger partial charge on any atom is -0.486 e. The molecule has 25 heavy (non-hydrogen) atoms. The quantitative estimate of drug-likeness (QED) is 0.670. The van der Waals surface area contributed by atoms with Crippen molar-refractivity contribution in [2.24, 2.45) is 0 Å². The number of ether oxygens (including phenoxy) is 2.